The molecule has 0 radical (unpaired) electrons. The highest BCUT2D eigenvalue weighted by molar-refractivity contribution is 5.97. The summed E-state index contributed by atoms with van der Waals surface area (Å²) >= 11 is 0. The Kier molecular flexibility index (Phi) is 4.42. The first-order chi connectivity index (χ1) is 11.4. The molecular formula is C17H16F3N3O. The van der Waals surface area contributed by atoms with Gasteiger partial charge in [0.1, 0.15) is 11.9 Å². The number of carbonyl (C=O) groups excluding carboxylic acids is 1. The lowest BCUT2D eigenvalue weighted by Crippen LogP contribution is -2.40. The van der Waals surface area contributed by atoms with Gasteiger partial charge in [0.2, 0.25) is 5.91 Å². The van der Waals surface area contributed by atoms with Gasteiger partial charge in [0.05, 0.1) is 5.56 Å². The summed E-state index contributed by atoms with van der Waals surface area (Å²) in [7, 11) is 0. The molecule has 2 aromatic rings. The topological polar surface area (TPSA) is 45.2 Å². The van der Waals surface area contributed by atoms with E-state index in [2.05, 4.69) is 10.3 Å². The molecule has 1 atom stereocenters. The summed E-state index contributed by atoms with van der Waals surface area (Å²) in [5.74, 6) is 0.203. The van der Waals surface area contributed by atoms with E-state index in [1.807, 2.05) is 18.2 Å². The van der Waals surface area contributed by atoms with Crippen LogP contribution >= 0.6 is 0 Å². The Morgan fingerprint density at radius 2 is 1.92 bits per heavy atom. The normalized spacial score (nSPS) is 17.8. The van der Waals surface area contributed by atoms with Crippen molar-refractivity contribution in [1.29, 1.82) is 0 Å². The number of aromatic nitrogens is 1. The van der Waals surface area contributed by atoms with E-state index in [-0.39, 0.29) is 5.91 Å². The van der Waals surface area contributed by atoms with Crippen LogP contribution in [0.15, 0.2) is 48.7 Å². The van der Waals surface area contributed by atoms with Gasteiger partial charge in [-0.15, -0.1) is 0 Å². The Morgan fingerprint density at radius 3 is 2.54 bits per heavy atom. The van der Waals surface area contributed by atoms with Crippen molar-refractivity contribution in [2.75, 3.05) is 16.8 Å². The van der Waals surface area contributed by atoms with Gasteiger partial charge < -0.3 is 10.2 Å². The van der Waals surface area contributed by atoms with Crippen molar-refractivity contribution in [3.63, 3.8) is 0 Å². The minimum atomic E-state index is -4.42. The molecule has 24 heavy (non-hydrogen) atoms. The van der Waals surface area contributed by atoms with Gasteiger partial charge in [0, 0.05) is 18.4 Å². The Bertz CT molecular complexity index is 701. The van der Waals surface area contributed by atoms with Crippen molar-refractivity contribution < 1.29 is 18.0 Å². The average Bonchev–Trinajstić information content (AvgIpc) is 3.05. The smallest absolute Gasteiger partial charge is 0.345 e. The van der Waals surface area contributed by atoms with Gasteiger partial charge in [-0.25, -0.2) is 4.98 Å². The number of nitrogens with one attached hydrogen (secondary N) is 1. The largest absolute Gasteiger partial charge is 0.417 e. The number of anilines is 2. The SMILES string of the molecule is O=C(Nc1ccccc1)[C@@H]1CCCN1c1ccc(C(F)(F)F)cn1. The van der Waals surface area contributed by atoms with Crippen molar-refractivity contribution in [3.05, 3.63) is 54.2 Å². The Morgan fingerprint density at radius 1 is 1.17 bits per heavy atom. The fraction of sp³-hybridized carbons (Fsp3) is 0.294. The number of para-hydroxylation sites is 1. The molecule has 0 spiro atoms. The van der Waals surface area contributed by atoms with Crippen molar-refractivity contribution in [3.8, 4) is 0 Å². The summed E-state index contributed by atoms with van der Waals surface area (Å²) in [6.07, 6.45) is -2.18. The zero-order valence-corrected chi connectivity index (χ0v) is 12.8. The molecule has 126 valence electrons. The highest BCUT2D eigenvalue weighted by atomic mass is 19.4. The second-order valence-electron chi connectivity index (χ2n) is 5.61. The molecule has 1 aliphatic rings. The molecule has 1 N–H and O–H groups in total. The van der Waals surface area contributed by atoms with Crippen LogP contribution in [0.2, 0.25) is 0 Å². The summed E-state index contributed by atoms with van der Waals surface area (Å²) < 4.78 is 37.9. The molecule has 1 saturated heterocycles. The number of pyridine rings is 1. The van der Waals surface area contributed by atoms with E-state index in [0.717, 1.165) is 18.7 Å². The number of benzene rings is 1. The summed E-state index contributed by atoms with van der Waals surface area (Å²) in [5.41, 5.74) is -0.106. The first-order valence-electron chi connectivity index (χ1n) is 7.61. The molecule has 0 aliphatic carbocycles. The minimum absolute atomic E-state index is 0.180. The summed E-state index contributed by atoms with van der Waals surface area (Å²) in [5, 5.41) is 2.83. The maximum Gasteiger partial charge on any atom is 0.417 e. The third-order valence-corrected chi connectivity index (χ3v) is 3.97. The number of hydrogen-bond donors (Lipinski definition) is 1. The van der Waals surface area contributed by atoms with Gasteiger partial charge in [0.15, 0.2) is 0 Å². The van der Waals surface area contributed by atoms with Gasteiger partial charge in [-0.1, -0.05) is 18.2 Å². The number of amides is 1. The van der Waals surface area contributed by atoms with Crippen LogP contribution in [0.1, 0.15) is 18.4 Å². The molecule has 0 bridgehead atoms. The molecule has 0 unspecified atom stereocenters. The van der Waals surface area contributed by atoms with E-state index in [9.17, 15) is 18.0 Å². The van der Waals surface area contributed by atoms with Gasteiger partial charge in [-0.3, -0.25) is 4.79 Å². The zero-order chi connectivity index (χ0) is 17.2. The number of halogens is 3. The number of carbonyl (C=O) groups is 1. The molecule has 4 nitrogen and oxygen atoms in total. The highest BCUT2D eigenvalue weighted by Crippen LogP contribution is 2.31. The average molecular weight is 335 g/mol. The van der Waals surface area contributed by atoms with E-state index in [4.69, 9.17) is 0 Å². The Hall–Kier alpha value is -2.57. The number of rotatable bonds is 3. The molecule has 2 heterocycles. The van der Waals surface area contributed by atoms with E-state index >= 15 is 0 Å². The fourth-order valence-corrected chi connectivity index (χ4v) is 2.78. The van der Waals surface area contributed by atoms with Crippen molar-refractivity contribution in [1.82, 2.24) is 4.98 Å². The summed E-state index contributed by atoms with van der Waals surface area (Å²) in [6.45, 7) is 0.589. The molecule has 1 aromatic carbocycles. The second kappa shape index (κ2) is 6.51. The van der Waals surface area contributed by atoms with Crippen LogP contribution in [0.4, 0.5) is 24.7 Å². The lowest BCUT2D eigenvalue weighted by molar-refractivity contribution is -0.137. The van der Waals surface area contributed by atoms with Crippen LogP contribution in [-0.4, -0.2) is 23.5 Å². The third-order valence-electron chi connectivity index (χ3n) is 3.97. The summed E-state index contributed by atoms with van der Waals surface area (Å²) in [4.78, 5) is 18.1. The monoisotopic (exact) mass is 335 g/mol. The maximum absolute atomic E-state index is 12.6. The molecule has 1 aliphatic heterocycles. The molecule has 1 aromatic heterocycles. The lowest BCUT2D eigenvalue weighted by Gasteiger charge is -2.25. The van der Waals surface area contributed by atoms with E-state index < -0.39 is 17.8 Å². The van der Waals surface area contributed by atoms with Crippen LogP contribution < -0.4 is 10.2 Å². The maximum atomic E-state index is 12.6. The number of nitrogens with zero attached hydrogens (tertiary/aromatic N) is 2. The van der Waals surface area contributed by atoms with Crippen LogP contribution in [0.3, 0.4) is 0 Å². The van der Waals surface area contributed by atoms with Crippen molar-refractivity contribution in [2.45, 2.75) is 25.1 Å². The van der Waals surface area contributed by atoms with Gasteiger partial charge >= 0.3 is 6.18 Å². The Balaban J connectivity index is 1.74. The predicted octanol–water partition coefficient (Wildman–Crippen LogP) is 3.71. The van der Waals surface area contributed by atoms with Crippen molar-refractivity contribution >= 4 is 17.4 Å². The standard InChI is InChI=1S/C17H16F3N3O/c18-17(19,20)12-8-9-15(21-11-12)23-10-4-7-14(23)16(24)22-13-5-2-1-3-6-13/h1-3,5-6,8-9,11,14H,4,7,10H2,(H,22,24)/t14-/m0/s1. The van der Waals surface area contributed by atoms with Gasteiger partial charge in [-0.05, 0) is 37.1 Å². The summed E-state index contributed by atoms with van der Waals surface area (Å²) in [6, 6.07) is 10.9. The quantitative estimate of drug-likeness (QED) is 0.930. The molecule has 1 amide bonds. The highest BCUT2D eigenvalue weighted by Gasteiger charge is 2.34. The lowest BCUT2D eigenvalue weighted by atomic mass is 10.2. The third kappa shape index (κ3) is 3.50. The van der Waals surface area contributed by atoms with E-state index in [1.54, 1.807) is 17.0 Å². The van der Waals surface area contributed by atoms with Crippen molar-refractivity contribution in [2.24, 2.45) is 0 Å². The molecule has 7 heteroatoms. The van der Waals surface area contributed by atoms with Crippen LogP contribution in [0.5, 0.6) is 0 Å². The fourth-order valence-electron chi connectivity index (χ4n) is 2.78. The predicted molar refractivity (Wildman–Crippen MR) is 84.7 cm³/mol. The van der Waals surface area contributed by atoms with Crippen LogP contribution in [0, 0.1) is 0 Å². The Labute approximate surface area is 137 Å². The second-order valence-corrected chi connectivity index (χ2v) is 5.61. The first-order valence-corrected chi connectivity index (χ1v) is 7.61. The van der Waals surface area contributed by atoms with Crippen LogP contribution in [-0.2, 0) is 11.0 Å². The van der Waals surface area contributed by atoms with Gasteiger partial charge in [0.25, 0.3) is 0 Å². The number of hydrogen-bond acceptors (Lipinski definition) is 3. The van der Waals surface area contributed by atoms with Gasteiger partial charge in [-0.2, -0.15) is 13.2 Å². The minimum Gasteiger partial charge on any atom is -0.345 e. The van der Waals surface area contributed by atoms with E-state index in [1.165, 1.54) is 6.07 Å². The molecular weight excluding hydrogens is 319 g/mol. The van der Waals surface area contributed by atoms with Crippen LogP contribution in [0.25, 0.3) is 0 Å². The molecule has 1 fully saturated rings. The zero-order valence-electron chi connectivity index (χ0n) is 12.8. The first kappa shape index (κ1) is 16.3. The number of alkyl halides is 3. The van der Waals surface area contributed by atoms with E-state index in [0.29, 0.717) is 24.5 Å². The molecule has 0 saturated carbocycles. The molecule has 3 rings (SSSR count).